The lowest BCUT2D eigenvalue weighted by Gasteiger charge is -2.39. The number of alkyl halides is 3. The van der Waals surface area contributed by atoms with Gasteiger partial charge in [0.1, 0.15) is 18.0 Å². The Labute approximate surface area is 201 Å². The minimum atomic E-state index is -4.62. The lowest BCUT2D eigenvalue weighted by Crippen LogP contribution is -2.52. The molecular formula is C23H28F3N5O2S. The topological polar surface area (TPSA) is 61.8 Å². The lowest BCUT2D eigenvalue weighted by molar-refractivity contribution is -0.137. The molecule has 0 bridgehead atoms. The zero-order valence-corrected chi connectivity index (χ0v) is 20.2. The summed E-state index contributed by atoms with van der Waals surface area (Å²) >= 11 is 1.65. The molecule has 1 aromatic heterocycles. The van der Waals surface area contributed by atoms with Gasteiger partial charge in [0.25, 0.3) is 0 Å². The average molecular weight is 496 g/mol. The summed E-state index contributed by atoms with van der Waals surface area (Å²) in [5.74, 6) is 0.253. The van der Waals surface area contributed by atoms with E-state index < -0.39 is 18.4 Å². The number of carbonyl (C=O) groups is 1. The summed E-state index contributed by atoms with van der Waals surface area (Å²) in [7, 11) is 0. The Bertz CT molecular complexity index is 1030. The van der Waals surface area contributed by atoms with E-state index in [1.165, 1.54) is 17.3 Å². The number of likely N-dealkylation sites (tertiary alicyclic amines) is 1. The second kappa shape index (κ2) is 9.89. The van der Waals surface area contributed by atoms with Gasteiger partial charge in [0, 0.05) is 42.3 Å². The minimum Gasteiger partial charge on any atom is -0.447 e. The maximum atomic E-state index is 14.2. The van der Waals surface area contributed by atoms with Gasteiger partial charge in [-0.2, -0.15) is 13.2 Å². The predicted molar refractivity (Wildman–Crippen MR) is 126 cm³/mol. The zero-order valence-electron chi connectivity index (χ0n) is 19.4. The van der Waals surface area contributed by atoms with Crippen LogP contribution < -0.4 is 9.80 Å². The van der Waals surface area contributed by atoms with E-state index in [-0.39, 0.29) is 37.9 Å². The molecule has 1 amide bonds. The monoisotopic (exact) mass is 495 g/mol. The number of anilines is 3. The van der Waals surface area contributed by atoms with Crippen LogP contribution in [-0.4, -0.2) is 65.3 Å². The van der Waals surface area contributed by atoms with Crippen LogP contribution in [0.2, 0.25) is 0 Å². The van der Waals surface area contributed by atoms with Gasteiger partial charge in [-0.1, -0.05) is 0 Å². The normalized spacial score (nSPS) is 16.7. The summed E-state index contributed by atoms with van der Waals surface area (Å²) in [5, 5.41) is 0. The Morgan fingerprint density at radius 2 is 1.91 bits per heavy atom. The van der Waals surface area contributed by atoms with Gasteiger partial charge in [-0.05, 0) is 63.1 Å². The first-order chi connectivity index (χ1) is 16.2. The molecule has 3 heterocycles. The van der Waals surface area contributed by atoms with Gasteiger partial charge in [-0.25, -0.2) is 14.8 Å². The average Bonchev–Trinajstić information content (AvgIpc) is 3.21. The highest BCUT2D eigenvalue weighted by Gasteiger charge is 2.44. The van der Waals surface area contributed by atoms with E-state index >= 15 is 0 Å². The molecule has 2 aliphatic rings. The first kappa shape index (κ1) is 24.4. The summed E-state index contributed by atoms with van der Waals surface area (Å²) in [6.07, 6.45) is -1.06. The second-order valence-corrected chi connectivity index (χ2v) is 9.50. The van der Waals surface area contributed by atoms with Crippen LogP contribution in [0.5, 0.6) is 0 Å². The highest BCUT2D eigenvalue weighted by molar-refractivity contribution is 7.98. The molecule has 184 valence electrons. The first-order valence-corrected chi connectivity index (χ1v) is 12.5. The Morgan fingerprint density at radius 1 is 1.18 bits per heavy atom. The lowest BCUT2D eigenvalue weighted by atomic mass is 10.0. The molecule has 2 aliphatic heterocycles. The summed E-state index contributed by atoms with van der Waals surface area (Å²) in [4.78, 5) is 25.4. The second-order valence-electron chi connectivity index (χ2n) is 8.62. The van der Waals surface area contributed by atoms with Crippen molar-refractivity contribution in [2.24, 2.45) is 0 Å². The number of amides is 1. The molecular weight excluding hydrogens is 467 g/mol. The molecule has 0 saturated carbocycles. The van der Waals surface area contributed by atoms with Crippen LogP contribution in [0.3, 0.4) is 0 Å². The maximum Gasteiger partial charge on any atom is 0.486 e. The maximum absolute atomic E-state index is 14.2. The molecule has 0 unspecified atom stereocenters. The molecule has 0 radical (unpaired) electrons. The van der Waals surface area contributed by atoms with Gasteiger partial charge in [-0.3, -0.25) is 4.90 Å². The van der Waals surface area contributed by atoms with E-state index in [2.05, 4.69) is 16.0 Å². The standard InChI is InChI=1S/C23H28F3N5O2S/c1-15(2)33-22(32)29-9-7-17(8-10-29)31(23(24,25)26)21-13-20(27-14-28-21)30-11-6-16-12-18(34-3)4-5-19(16)30/h4-5,12-15,17H,6-11H2,1-3H3. The molecule has 7 nitrogen and oxygen atoms in total. The number of halogens is 3. The van der Waals surface area contributed by atoms with Gasteiger partial charge in [0.05, 0.1) is 6.10 Å². The third-order valence-electron chi connectivity index (χ3n) is 6.04. The highest BCUT2D eigenvalue weighted by atomic mass is 32.2. The van der Waals surface area contributed by atoms with Crippen LogP contribution in [0.4, 0.5) is 35.3 Å². The van der Waals surface area contributed by atoms with Crippen LogP contribution in [-0.2, 0) is 11.2 Å². The van der Waals surface area contributed by atoms with Crippen LogP contribution in [0.25, 0.3) is 0 Å². The van der Waals surface area contributed by atoms with Crippen molar-refractivity contribution in [1.29, 1.82) is 0 Å². The first-order valence-electron chi connectivity index (χ1n) is 11.3. The number of fused-ring (bicyclic) bond motifs is 1. The largest absolute Gasteiger partial charge is 0.486 e. The third kappa shape index (κ3) is 5.18. The van der Waals surface area contributed by atoms with E-state index in [9.17, 15) is 18.0 Å². The van der Waals surface area contributed by atoms with Gasteiger partial charge >= 0.3 is 12.4 Å². The summed E-state index contributed by atoms with van der Waals surface area (Å²) in [5.41, 5.74) is 2.11. The molecule has 1 saturated heterocycles. The van der Waals surface area contributed by atoms with Crippen molar-refractivity contribution >= 4 is 35.2 Å². The Balaban J connectivity index is 1.55. The SMILES string of the molecule is CSc1ccc2c(c1)CCN2c1cc(N(C2CCN(C(=O)OC(C)C)CC2)C(F)(F)F)ncn1. The Morgan fingerprint density at radius 3 is 2.56 bits per heavy atom. The molecule has 1 aromatic carbocycles. The zero-order chi connectivity index (χ0) is 24.5. The molecule has 0 N–H and O–H groups in total. The molecule has 34 heavy (non-hydrogen) atoms. The van der Waals surface area contributed by atoms with Gasteiger partial charge in [0.2, 0.25) is 0 Å². The number of aromatic nitrogens is 2. The summed E-state index contributed by atoms with van der Waals surface area (Å²) < 4.78 is 47.8. The van der Waals surface area contributed by atoms with E-state index in [4.69, 9.17) is 4.74 Å². The van der Waals surface area contributed by atoms with Crippen molar-refractivity contribution in [2.75, 3.05) is 35.7 Å². The fourth-order valence-corrected chi connectivity index (χ4v) is 4.93. The van der Waals surface area contributed by atoms with Crippen LogP contribution in [0, 0.1) is 0 Å². The molecule has 4 rings (SSSR count). The number of ether oxygens (including phenoxy) is 1. The van der Waals surface area contributed by atoms with Crippen molar-refractivity contribution in [3.63, 3.8) is 0 Å². The van der Waals surface area contributed by atoms with Crippen LogP contribution in [0.15, 0.2) is 35.5 Å². The number of piperidine rings is 1. The van der Waals surface area contributed by atoms with Crippen molar-refractivity contribution in [3.8, 4) is 0 Å². The Hall–Kier alpha value is -2.69. The fourth-order valence-electron chi connectivity index (χ4n) is 4.47. The highest BCUT2D eigenvalue weighted by Crippen LogP contribution is 2.38. The molecule has 11 heteroatoms. The van der Waals surface area contributed by atoms with Gasteiger partial charge < -0.3 is 14.5 Å². The smallest absolute Gasteiger partial charge is 0.447 e. The number of benzene rings is 1. The van der Waals surface area contributed by atoms with Crippen molar-refractivity contribution in [1.82, 2.24) is 14.9 Å². The van der Waals surface area contributed by atoms with Gasteiger partial charge in [0.15, 0.2) is 0 Å². The number of hydrogen-bond donors (Lipinski definition) is 0. The quantitative estimate of drug-likeness (QED) is 0.416. The van der Waals surface area contributed by atoms with E-state index in [0.717, 1.165) is 22.6 Å². The van der Waals surface area contributed by atoms with Gasteiger partial charge in [-0.15, -0.1) is 11.8 Å². The summed E-state index contributed by atoms with van der Waals surface area (Å²) in [6.45, 7) is 4.51. The van der Waals surface area contributed by atoms with E-state index in [1.807, 2.05) is 23.3 Å². The van der Waals surface area contributed by atoms with Crippen LogP contribution >= 0.6 is 11.8 Å². The van der Waals surface area contributed by atoms with Crippen molar-refractivity contribution in [3.05, 3.63) is 36.2 Å². The van der Waals surface area contributed by atoms with Crippen molar-refractivity contribution < 1.29 is 22.7 Å². The summed E-state index contributed by atoms with van der Waals surface area (Å²) in [6, 6.07) is 6.68. The minimum absolute atomic E-state index is 0.163. The predicted octanol–water partition coefficient (Wildman–Crippen LogP) is 5.23. The molecule has 0 spiro atoms. The van der Waals surface area contributed by atoms with Crippen molar-refractivity contribution in [2.45, 2.75) is 56.5 Å². The number of carbonyl (C=O) groups excluding carboxylic acids is 1. The van der Waals surface area contributed by atoms with E-state index in [1.54, 1.807) is 25.6 Å². The molecule has 2 aromatic rings. The van der Waals surface area contributed by atoms with Crippen LogP contribution in [0.1, 0.15) is 32.3 Å². The number of rotatable bonds is 5. The third-order valence-corrected chi connectivity index (χ3v) is 6.77. The van der Waals surface area contributed by atoms with E-state index in [0.29, 0.717) is 17.3 Å². The number of nitrogens with zero attached hydrogens (tertiary/aromatic N) is 5. The molecule has 0 atom stereocenters. The molecule has 0 aliphatic carbocycles. The Kier molecular flexibility index (Phi) is 7.11. The fraction of sp³-hybridized carbons (Fsp3) is 0.522. The number of hydrogen-bond acceptors (Lipinski definition) is 7. The molecule has 1 fully saturated rings. The number of thioether (sulfide) groups is 1.